The van der Waals surface area contributed by atoms with Crippen molar-refractivity contribution in [1.82, 2.24) is 10.3 Å². The molecule has 11 heteroatoms. The minimum Gasteiger partial charge on any atom is -0.436 e. The van der Waals surface area contributed by atoms with Gasteiger partial charge in [-0.05, 0) is 86.4 Å². The average molecular weight is 550 g/mol. The van der Waals surface area contributed by atoms with Crippen molar-refractivity contribution in [2.45, 2.75) is 26.2 Å². The lowest BCUT2D eigenvalue weighted by molar-refractivity contribution is -0.384. The molecule has 1 aliphatic rings. The van der Waals surface area contributed by atoms with Crippen molar-refractivity contribution in [2.75, 3.05) is 23.3 Å². The number of nitrogens with zero attached hydrogens (tertiary/aromatic N) is 3. The quantitative estimate of drug-likeness (QED) is 0.165. The summed E-state index contributed by atoms with van der Waals surface area (Å²) in [5.74, 6) is -0.111. The van der Waals surface area contributed by atoms with Gasteiger partial charge in [-0.3, -0.25) is 20.2 Å². The van der Waals surface area contributed by atoms with Gasteiger partial charge in [0.05, 0.1) is 4.92 Å². The number of benzene rings is 3. The number of nitrogens with one attached hydrogen (secondary N) is 2. The summed E-state index contributed by atoms with van der Waals surface area (Å²) in [6.07, 6.45) is 3.09. The van der Waals surface area contributed by atoms with E-state index in [1.165, 1.54) is 6.07 Å². The number of hydrogen-bond donors (Lipinski definition) is 2. The third-order valence-corrected chi connectivity index (χ3v) is 6.96. The molecular weight excluding hydrogens is 526 g/mol. The Labute approximate surface area is 228 Å². The molecule has 1 aliphatic heterocycles. The Morgan fingerprint density at radius 3 is 2.68 bits per heavy atom. The Morgan fingerprint density at radius 1 is 1.13 bits per heavy atom. The van der Waals surface area contributed by atoms with Gasteiger partial charge in [-0.15, -0.1) is 0 Å². The van der Waals surface area contributed by atoms with Gasteiger partial charge < -0.3 is 14.6 Å². The first-order chi connectivity index (χ1) is 18.3. The molecule has 9 nitrogen and oxygen atoms in total. The SMILES string of the molecule is Cc1c(NC(=S)NC(=O)c2ccc(N3CCCCC3)c([N+](=O)[O-])c2)cccc1-c1nc2cc(Cl)ccc2o1. The number of nitro benzene ring substituents is 1. The molecule has 0 atom stereocenters. The first kappa shape index (κ1) is 25.6. The van der Waals surface area contributed by atoms with Crippen molar-refractivity contribution in [3.8, 4) is 11.5 Å². The number of aromatic nitrogens is 1. The second-order valence-corrected chi connectivity index (χ2v) is 9.87. The molecule has 2 N–H and O–H groups in total. The molecule has 3 aromatic carbocycles. The number of oxazole rings is 1. The number of piperidine rings is 1. The van der Waals surface area contributed by atoms with Gasteiger partial charge >= 0.3 is 0 Å². The van der Waals surface area contributed by atoms with Crippen LogP contribution in [0.5, 0.6) is 0 Å². The summed E-state index contributed by atoms with van der Waals surface area (Å²) in [6, 6.07) is 15.3. The van der Waals surface area contributed by atoms with E-state index in [9.17, 15) is 14.9 Å². The third-order valence-electron chi connectivity index (χ3n) is 6.52. The zero-order valence-corrected chi connectivity index (χ0v) is 22.1. The molecule has 4 aromatic rings. The summed E-state index contributed by atoms with van der Waals surface area (Å²) in [5.41, 5.74) is 4.06. The van der Waals surface area contributed by atoms with Gasteiger partial charge in [0, 0.05) is 41.0 Å². The van der Waals surface area contributed by atoms with E-state index >= 15 is 0 Å². The van der Waals surface area contributed by atoms with Crippen LogP contribution in [0.1, 0.15) is 35.2 Å². The van der Waals surface area contributed by atoms with E-state index < -0.39 is 10.8 Å². The van der Waals surface area contributed by atoms with Crippen molar-refractivity contribution < 1.29 is 14.1 Å². The minimum atomic E-state index is -0.541. The van der Waals surface area contributed by atoms with Crippen LogP contribution in [0.2, 0.25) is 5.02 Å². The monoisotopic (exact) mass is 549 g/mol. The number of carbonyl (C=O) groups is 1. The fourth-order valence-corrected chi connectivity index (χ4v) is 4.93. The van der Waals surface area contributed by atoms with Crippen LogP contribution in [0.15, 0.2) is 59.0 Å². The molecule has 5 rings (SSSR count). The fraction of sp³-hybridized carbons (Fsp3) is 0.222. The fourth-order valence-electron chi connectivity index (χ4n) is 4.56. The lowest BCUT2D eigenvalue weighted by Gasteiger charge is -2.28. The molecule has 0 radical (unpaired) electrons. The standard InChI is InChI=1S/C27H24ClN5O4S/c1-16-19(26-29-21-15-18(28)9-11-24(21)37-26)6-5-7-20(16)30-27(38)31-25(34)17-8-10-22(23(14-17)33(35)36)32-12-3-2-4-13-32/h5-11,14-15H,2-4,12-13H2,1H3,(H2,30,31,34,38). The molecule has 0 unspecified atom stereocenters. The Morgan fingerprint density at radius 2 is 1.92 bits per heavy atom. The molecule has 0 saturated carbocycles. The van der Waals surface area contributed by atoms with E-state index in [0.29, 0.717) is 33.4 Å². The normalized spacial score (nSPS) is 13.4. The van der Waals surface area contributed by atoms with Gasteiger partial charge in [-0.2, -0.15) is 0 Å². The maximum atomic E-state index is 12.9. The second kappa shape index (κ2) is 10.8. The highest BCUT2D eigenvalue weighted by atomic mass is 35.5. The van der Waals surface area contributed by atoms with Crippen LogP contribution >= 0.6 is 23.8 Å². The summed E-state index contributed by atoms with van der Waals surface area (Å²) in [5, 5.41) is 18.0. The number of amides is 1. The van der Waals surface area contributed by atoms with E-state index in [1.807, 2.05) is 30.0 Å². The number of anilines is 2. The summed E-state index contributed by atoms with van der Waals surface area (Å²) in [6.45, 7) is 3.40. The molecule has 0 spiro atoms. The van der Waals surface area contributed by atoms with Crippen molar-refractivity contribution in [3.63, 3.8) is 0 Å². The molecular formula is C27H24ClN5O4S. The summed E-state index contributed by atoms with van der Waals surface area (Å²) in [4.78, 5) is 30.7. The maximum absolute atomic E-state index is 12.9. The number of rotatable bonds is 5. The highest BCUT2D eigenvalue weighted by Gasteiger charge is 2.23. The summed E-state index contributed by atoms with van der Waals surface area (Å²) >= 11 is 11.4. The largest absolute Gasteiger partial charge is 0.436 e. The molecule has 38 heavy (non-hydrogen) atoms. The number of halogens is 1. The molecule has 1 fully saturated rings. The van der Waals surface area contributed by atoms with Crippen molar-refractivity contribution in [3.05, 3.63) is 80.9 Å². The Balaban J connectivity index is 1.32. The van der Waals surface area contributed by atoms with Gasteiger partial charge in [0.2, 0.25) is 5.89 Å². The number of nitro groups is 1. The van der Waals surface area contributed by atoms with Crippen LogP contribution in [0.4, 0.5) is 17.1 Å². The highest BCUT2D eigenvalue weighted by molar-refractivity contribution is 7.80. The van der Waals surface area contributed by atoms with Gasteiger partial charge in [0.1, 0.15) is 11.2 Å². The maximum Gasteiger partial charge on any atom is 0.293 e. The Kier molecular flexibility index (Phi) is 7.26. The Hall–Kier alpha value is -4.02. The predicted molar refractivity (Wildman–Crippen MR) is 152 cm³/mol. The summed E-state index contributed by atoms with van der Waals surface area (Å²) < 4.78 is 5.90. The molecule has 1 amide bonds. The molecule has 1 saturated heterocycles. The van der Waals surface area contributed by atoms with Crippen molar-refractivity contribution >= 4 is 63.0 Å². The number of carbonyl (C=O) groups excluding carboxylic acids is 1. The number of fused-ring (bicyclic) bond motifs is 1. The first-order valence-corrected chi connectivity index (χ1v) is 12.9. The van der Waals surface area contributed by atoms with Crippen LogP contribution in [-0.2, 0) is 0 Å². The van der Waals surface area contributed by atoms with E-state index in [1.54, 1.807) is 30.3 Å². The van der Waals surface area contributed by atoms with Gasteiger partial charge in [0.15, 0.2) is 10.7 Å². The average Bonchev–Trinajstić information content (AvgIpc) is 3.33. The molecule has 2 heterocycles. The lowest BCUT2D eigenvalue weighted by Crippen LogP contribution is -2.34. The molecule has 0 aliphatic carbocycles. The van der Waals surface area contributed by atoms with Gasteiger partial charge in [0.25, 0.3) is 11.6 Å². The predicted octanol–water partition coefficient (Wildman–Crippen LogP) is 6.48. The lowest BCUT2D eigenvalue weighted by atomic mass is 10.1. The van der Waals surface area contributed by atoms with E-state index in [-0.39, 0.29) is 16.4 Å². The van der Waals surface area contributed by atoms with Crippen LogP contribution in [0.3, 0.4) is 0 Å². The van der Waals surface area contributed by atoms with Crippen molar-refractivity contribution in [1.29, 1.82) is 0 Å². The smallest absolute Gasteiger partial charge is 0.293 e. The van der Waals surface area contributed by atoms with Crippen LogP contribution in [0.25, 0.3) is 22.6 Å². The second-order valence-electron chi connectivity index (χ2n) is 9.03. The van der Waals surface area contributed by atoms with Crippen LogP contribution < -0.4 is 15.5 Å². The Bertz CT molecular complexity index is 1560. The summed E-state index contributed by atoms with van der Waals surface area (Å²) in [7, 11) is 0. The van der Waals surface area contributed by atoms with Gasteiger partial charge in [-0.25, -0.2) is 4.98 Å². The zero-order chi connectivity index (χ0) is 26.8. The molecule has 1 aromatic heterocycles. The third kappa shape index (κ3) is 5.32. The molecule has 194 valence electrons. The number of hydrogen-bond acceptors (Lipinski definition) is 7. The van der Waals surface area contributed by atoms with E-state index in [0.717, 1.165) is 43.5 Å². The van der Waals surface area contributed by atoms with Crippen LogP contribution in [-0.4, -0.2) is 34.0 Å². The zero-order valence-electron chi connectivity index (χ0n) is 20.5. The minimum absolute atomic E-state index is 0.0577. The molecule has 0 bridgehead atoms. The van der Waals surface area contributed by atoms with Gasteiger partial charge in [-0.1, -0.05) is 17.7 Å². The van der Waals surface area contributed by atoms with E-state index in [4.69, 9.17) is 28.2 Å². The van der Waals surface area contributed by atoms with Crippen molar-refractivity contribution in [2.24, 2.45) is 0 Å². The topological polar surface area (TPSA) is 114 Å². The van der Waals surface area contributed by atoms with Crippen LogP contribution in [0, 0.1) is 17.0 Å². The number of thiocarbonyl (C=S) groups is 1. The first-order valence-electron chi connectivity index (χ1n) is 12.1. The highest BCUT2D eigenvalue weighted by Crippen LogP contribution is 2.33. The van der Waals surface area contributed by atoms with E-state index in [2.05, 4.69) is 15.6 Å².